The summed E-state index contributed by atoms with van der Waals surface area (Å²) in [6, 6.07) is 0. The molecular formula is C11H22O. The second kappa shape index (κ2) is 3.78. The molecule has 0 bridgehead atoms. The first-order valence-electron chi connectivity index (χ1n) is 5.17. The summed E-state index contributed by atoms with van der Waals surface area (Å²) in [5, 5.41) is 9.73. The molecule has 0 aromatic carbocycles. The normalized spacial score (nSPS) is 32.0. The van der Waals surface area contributed by atoms with Crippen molar-refractivity contribution in [3.63, 3.8) is 0 Å². The van der Waals surface area contributed by atoms with Gasteiger partial charge in [-0.05, 0) is 30.6 Å². The minimum Gasteiger partial charge on any atom is -0.393 e. The van der Waals surface area contributed by atoms with Crippen molar-refractivity contribution >= 4 is 0 Å². The molecule has 72 valence electrons. The zero-order valence-corrected chi connectivity index (χ0v) is 8.64. The van der Waals surface area contributed by atoms with Crippen molar-refractivity contribution in [1.29, 1.82) is 0 Å². The third kappa shape index (κ3) is 3.14. The van der Waals surface area contributed by atoms with Crippen molar-refractivity contribution < 1.29 is 5.11 Å². The fraction of sp³-hybridized carbons (Fsp3) is 1.00. The molecule has 1 aliphatic rings. The maximum absolute atomic E-state index is 9.73. The fourth-order valence-electron chi connectivity index (χ4n) is 2.21. The van der Waals surface area contributed by atoms with Gasteiger partial charge in [-0.2, -0.15) is 0 Å². The molecule has 1 unspecified atom stereocenters. The number of aliphatic hydroxyl groups is 1. The Balaban J connectivity index is 2.39. The molecule has 0 radical (unpaired) electrons. The lowest BCUT2D eigenvalue weighted by atomic mass is 9.76. The zero-order chi connectivity index (χ0) is 9.19. The minimum atomic E-state index is -0.0158. The summed E-state index contributed by atoms with van der Waals surface area (Å²) in [6.07, 6.45) is 5.96. The lowest BCUT2D eigenvalue weighted by Crippen LogP contribution is -2.28. The number of aliphatic hydroxyl groups excluding tert-OH is 1. The van der Waals surface area contributed by atoms with Crippen LogP contribution in [0.3, 0.4) is 0 Å². The van der Waals surface area contributed by atoms with E-state index in [1.807, 2.05) is 0 Å². The van der Waals surface area contributed by atoms with E-state index in [4.69, 9.17) is 0 Å². The van der Waals surface area contributed by atoms with Crippen LogP contribution in [0.4, 0.5) is 0 Å². The molecule has 1 nitrogen and oxygen atoms in total. The van der Waals surface area contributed by atoms with E-state index in [1.165, 1.54) is 25.7 Å². The van der Waals surface area contributed by atoms with Crippen LogP contribution in [-0.2, 0) is 0 Å². The van der Waals surface area contributed by atoms with E-state index in [-0.39, 0.29) is 6.10 Å². The van der Waals surface area contributed by atoms with E-state index in [0.717, 1.165) is 6.42 Å². The van der Waals surface area contributed by atoms with Crippen LogP contribution in [0.15, 0.2) is 0 Å². The van der Waals surface area contributed by atoms with E-state index in [9.17, 15) is 5.11 Å². The Kier molecular flexibility index (Phi) is 3.16. The SMILES string of the molecule is CC(C)(C)CC1CCCC[C@@H]1O. The first-order chi connectivity index (χ1) is 5.49. The number of hydrogen-bond acceptors (Lipinski definition) is 1. The lowest BCUT2D eigenvalue weighted by Gasteiger charge is -2.32. The second-order valence-electron chi connectivity index (χ2n) is 5.38. The van der Waals surface area contributed by atoms with Gasteiger partial charge in [-0.1, -0.05) is 33.6 Å². The van der Waals surface area contributed by atoms with Crippen molar-refractivity contribution in [2.75, 3.05) is 0 Å². The molecule has 12 heavy (non-hydrogen) atoms. The predicted molar refractivity (Wildman–Crippen MR) is 52.0 cm³/mol. The molecular weight excluding hydrogens is 148 g/mol. The summed E-state index contributed by atoms with van der Waals surface area (Å²) in [5.74, 6) is 0.568. The number of hydrogen-bond donors (Lipinski definition) is 1. The highest BCUT2D eigenvalue weighted by Crippen LogP contribution is 2.34. The largest absolute Gasteiger partial charge is 0.393 e. The van der Waals surface area contributed by atoms with Gasteiger partial charge in [0.05, 0.1) is 6.10 Å². The van der Waals surface area contributed by atoms with Crippen molar-refractivity contribution in [1.82, 2.24) is 0 Å². The third-order valence-corrected chi connectivity index (χ3v) is 2.74. The van der Waals surface area contributed by atoms with Crippen LogP contribution < -0.4 is 0 Å². The van der Waals surface area contributed by atoms with Gasteiger partial charge >= 0.3 is 0 Å². The van der Waals surface area contributed by atoms with E-state index in [0.29, 0.717) is 11.3 Å². The van der Waals surface area contributed by atoms with Crippen molar-refractivity contribution in [3.05, 3.63) is 0 Å². The molecule has 1 heteroatoms. The Morgan fingerprint density at radius 3 is 2.25 bits per heavy atom. The highest BCUT2D eigenvalue weighted by atomic mass is 16.3. The van der Waals surface area contributed by atoms with Gasteiger partial charge in [-0.3, -0.25) is 0 Å². The molecule has 0 heterocycles. The molecule has 0 aliphatic heterocycles. The highest BCUT2D eigenvalue weighted by molar-refractivity contribution is 4.78. The molecule has 1 rings (SSSR count). The smallest absolute Gasteiger partial charge is 0.0568 e. The van der Waals surface area contributed by atoms with Crippen LogP contribution >= 0.6 is 0 Å². The third-order valence-electron chi connectivity index (χ3n) is 2.74. The summed E-state index contributed by atoms with van der Waals surface area (Å²) in [4.78, 5) is 0. The van der Waals surface area contributed by atoms with Gasteiger partial charge in [0.1, 0.15) is 0 Å². The quantitative estimate of drug-likeness (QED) is 0.641. The van der Waals surface area contributed by atoms with Gasteiger partial charge in [0.15, 0.2) is 0 Å². The van der Waals surface area contributed by atoms with Gasteiger partial charge < -0.3 is 5.11 Å². The predicted octanol–water partition coefficient (Wildman–Crippen LogP) is 2.97. The van der Waals surface area contributed by atoms with Crippen LogP contribution in [0.2, 0.25) is 0 Å². The zero-order valence-electron chi connectivity index (χ0n) is 8.64. The van der Waals surface area contributed by atoms with Crippen LogP contribution in [0.5, 0.6) is 0 Å². The molecule has 1 saturated carbocycles. The van der Waals surface area contributed by atoms with Gasteiger partial charge in [0, 0.05) is 0 Å². The van der Waals surface area contributed by atoms with Crippen LogP contribution in [0, 0.1) is 11.3 Å². The molecule has 1 fully saturated rings. The van der Waals surface area contributed by atoms with Crippen molar-refractivity contribution in [2.45, 2.75) is 59.0 Å². The Bertz CT molecular complexity index is 134. The minimum absolute atomic E-state index is 0.0158. The molecule has 1 N–H and O–H groups in total. The monoisotopic (exact) mass is 170 g/mol. The van der Waals surface area contributed by atoms with Gasteiger partial charge in [0.25, 0.3) is 0 Å². The average Bonchev–Trinajstić information content (AvgIpc) is 1.91. The Hall–Kier alpha value is -0.0400. The molecule has 1 aliphatic carbocycles. The van der Waals surface area contributed by atoms with Gasteiger partial charge in [-0.15, -0.1) is 0 Å². The van der Waals surface area contributed by atoms with E-state index >= 15 is 0 Å². The Morgan fingerprint density at radius 2 is 1.75 bits per heavy atom. The molecule has 2 atom stereocenters. The summed E-state index contributed by atoms with van der Waals surface area (Å²) in [5.41, 5.74) is 0.378. The summed E-state index contributed by atoms with van der Waals surface area (Å²) in [6.45, 7) is 6.77. The van der Waals surface area contributed by atoms with Crippen molar-refractivity contribution in [3.8, 4) is 0 Å². The second-order valence-corrected chi connectivity index (χ2v) is 5.38. The van der Waals surface area contributed by atoms with Crippen LogP contribution in [-0.4, -0.2) is 11.2 Å². The molecule has 0 aromatic heterocycles. The highest BCUT2D eigenvalue weighted by Gasteiger charge is 2.26. The summed E-state index contributed by atoms with van der Waals surface area (Å²) >= 11 is 0. The van der Waals surface area contributed by atoms with Crippen LogP contribution in [0.1, 0.15) is 52.9 Å². The standard InChI is InChI=1S/C11H22O/c1-11(2,3)8-9-6-4-5-7-10(9)12/h9-10,12H,4-8H2,1-3H3/t9?,10-/m0/s1. The van der Waals surface area contributed by atoms with Gasteiger partial charge in [0.2, 0.25) is 0 Å². The maximum Gasteiger partial charge on any atom is 0.0568 e. The Morgan fingerprint density at radius 1 is 1.17 bits per heavy atom. The topological polar surface area (TPSA) is 20.2 Å². The molecule has 0 saturated heterocycles. The summed E-state index contributed by atoms with van der Waals surface area (Å²) < 4.78 is 0. The number of rotatable bonds is 1. The maximum atomic E-state index is 9.73. The van der Waals surface area contributed by atoms with E-state index in [1.54, 1.807) is 0 Å². The van der Waals surface area contributed by atoms with Crippen LogP contribution in [0.25, 0.3) is 0 Å². The fourth-order valence-corrected chi connectivity index (χ4v) is 2.21. The van der Waals surface area contributed by atoms with E-state index < -0.39 is 0 Å². The lowest BCUT2D eigenvalue weighted by molar-refractivity contribution is 0.0471. The molecule has 0 amide bonds. The first-order valence-corrected chi connectivity index (χ1v) is 5.17. The molecule has 0 spiro atoms. The first kappa shape index (κ1) is 10.0. The summed E-state index contributed by atoms with van der Waals surface area (Å²) in [7, 11) is 0. The van der Waals surface area contributed by atoms with E-state index in [2.05, 4.69) is 20.8 Å². The van der Waals surface area contributed by atoms with Gasteiger partial charge in [-0.25, -0.2) is 0 Å². The molecule has 0 aromatic rings. The average molecular weight is 170 g/mol. The Labute approximate surface area is 76.2 Å². The van der Waals surface area contributed by atoms with Crippen molar-refractivity contribution in [2.24, 2.45) is 11.3 Å².